The predicted octanol–water partition coefficient (Wildman–Crippen LogP) is 5.99. The number of unbranched alkanes of at least 4 members (excludes halogenated alkanes) is 3. The van der Waals surface area contributed by atoms with E-state index in [9.17, 15) is 24.3 Å². The first-order valence-electron chi connectivity index (χ1n) is 20.8. The number of aliphatic hydroxyl groups is 1. The smallest absolute Gasteiger partial charge is 0.255 e. The van der Waals surface area contributed by atoms with Crippen molar-refractivity contribution in [3.8, 4) is 11.3 Å². The SMILES string of the molecule is Cc1ccc(NC(=O)c2ccc(CNC(=O)CCCCCCNC(=O)[C@H](CC(C)C)NC(=O)[C@@H](O)[C@H](N)Cc3ccccc3)cc2)cc1Nc1nccc(-c2cccnc2)n1. The van der Waals surface area contributed by atoms with Gasteiger partial charge >= 0.3 is 0 Å². The number of aryl methyl sites for hydroxylation is 1. The van der Waals surface area contributed by atoms with E-state index in [0.717, 1.165) is 52.9 Å². The second kappa shape index (κ2) is 23.3. The fraction of sp³-hybridized carbons (Fsp3) is 0.340. The standard InChI is InChI=1S/C47H57N9O5/c1-31(2)26-41(54-46(61)43(58)38(48)27-33-12-7-6-8-13-33)45(60)50-24-10-5-4-9-15-42(57)52-29-34-17-19-35(20-18-34)44(59)53-37-21-16-32(3)40(28-37)56-47-51-25-22-39(55-47)36-14-11-23-49-30-36/h6-8,11-14,16-23,25,28,30-31,38,41,43,58H,4-5,9-10,15,24,26-27,29,48H2,1-3H3,(H,50,60)(H,52,57)(H,53,59)(H,54,61)(H,51,55,56)/t38-,41+,43+/m1/s1. The number of anilines is 3. The molecule has 0 unspecified atom stereocenters. The van der Waals surface area contributed by atoms with Gasteiger partial charge in [0.2, 0.25) is 17.8 Å². The van der Waals surface area contributed by atoms with Crippen LogP contribution in [0.4, 0.5) is 17.3 Å². The molecule has 2 heterocycles. The lowest BCUT2D eigenvalue weighted by atomic mass is 9.99. The molecule has 0 aliphatic rings. The molecule has 14 nitrogen and oxygen atoms in total. The molecular formula is C47H57N9O5. The van der Waals surface area contributed by atoms with Crippen LogP contribution in [0.3, 0.4) is 0 Å². The Labute approximate surface area is 357 Å². The molecule has 0 saturated carbocycles. The highest BCUT2D eigenvalue weighted by atomic mass is 16.3. The molecule has 0 aliphatic carbocycles. The van der Waals surface area contributed by atoms with Crippen molar-refractivity contribution in [3.63, 3.8) is 0 Å². The molecule has 8 N–H and O–H groups in total. The van der Waals surface area contributed by atoms with E-state index in [1.165, 1.54) is 0 Å². The van der Waals surface area contributed by atoms with Crippen molar-refractivity contribution in [3.05, 3.63) is 132 Å². The van der Waals surface area contributed by atoms with Crippen molar-refractivity contribution in [1.29, 1.82) is 0 Å². The summed E-state index contributed by atoms with van der Waals surface area (Å²) in [6, 6.07) is 26.0. The maximum atomic E-state index is 13.1. The number of rotatable bonds is 22. The zero-order valence-corrected chi connectivity index (χ0v) is 35.1. The summed E-state index contributed by atoms with van der Waals surface area (Å²) in [6.07, 6.45) is 7.86. The average molecular weight is 828 g/mol. The minimum absolute atomic E-state index is 0.0638. The molecule has 5 aromatic rings. The molecule has 4 amide bonds. The van der Waals surface area contributed by atoms with Crippen LogP contribution >= 0.6 is 0 Å². The number of aromatic nitrogens is 3. The fourth-order valence-corrected chi connectivity index (χ4v) is 6.57. The molecule has 3 aromatic carbocycles. The van der Waals surface area contributed by atoms with Crippen LogP contribution in [0.15, 0.2) is 110 Å². The average Bonchev–Trinajstić information content (AvgIpc) is 3.26. The van der Waals surface area contributed by atoms with Gasteiger partial charge in [-0.25, -0.2) is 9.97 Å². The number of nitrogens with two attached hydrogens (primary N) is 1. The summed E-state index contributed by atoms with van der Waals surface area (Å²) in [5, 5.41) is 25.3. The largest absolute Gasteiger partial charge is 0.382 e. The summed E-state index contributed by atoms with van der Waals surface area (Å²) < 4.78 is 0. The molecule has 0 bridgehead atoms. The maximum Gasteiger partial charge on any atom is 0.255 e. The quantitative estimate of drug-likeness (QED) is 0.0405. The number of hydrogen-bond acceptors (Lipinski definition) is 10. The van der Waals surface area contributed by atoms with E-state index < -0.39 is 24.1 Å². The number of benzene rings is 3. The van der Waals surface area contributed by atoms with Gasteiger partial charge in [0, 0.05) is 66.6 Å². The highest BCUT2D eigenvalue weighted by Gasteiger charge is 2.28. The number of nitrogens with one attached hydrogen (secondary N) is 5. The minimum Gasteiger partial charge on any atom is -0.382 e. The number of aliphatic hydroxyl groups excluding tert-OH is 1. The van der Waals surface area contributed by atoms with Crippen molar-refractivity contribution in [2.45, 2.75) is 90.4 Å². The Hall–Kier alpha value is -6.51. The molecule has 320 valence electrons. The molecule has 0 spiro atoms. The number of pyridine rings is 1. The van der Waals surface area contributed by atoms with Crippen LogP contribution in [0, 0.1) is 12.8 Å². The van der Waals surface area contributed by atoms with Gasteiger partial charge in [-0.1, -0.05) is 75.2 Å². The Morgan fingerprint density at radius 3 is 2.31 bits per heavy atom. The predicted molar refractivity (Wildman–Crippen MR) is 238 cm³/mol. The van der Waals surface area contributed by atoms with E-state index in [4.69, 9.17) is 5.73 Å². The third-order valence-corrected chi connectivity index (χ3v) is 10.0. The monoisotopic (exact) mass is 827 g/mol. The van der Waals surface area contributed by atoms with Gasteiger partial charge in [-0.15, -0.1) is 0 Å². The second-order valence-electron chi connectivity index (χ2n) is 15.5. The van der Waals surface area contributed by atoms with Crippen LogP contribution in [-0.4, -0.2) is 68.4 Å². The van der Waals surface area contributed by atoms with Gasteiger partial charge in [0.1, 0.15) is 12.1 Å². The molecule has 0 aliphatic heterocycles. The van der Waals surface area contributed by atoms with Gasteiger partial charge in [-0.2, -0.15) is 0 Å². The maximum absolute atomic E-state index is 13.1. The van der Waals surface area contributed by atoms with Crippen LogP contribution in [0.2, 0.25) is 0 Å². The van der Waals surface area contributed by atoms with E-state index in [-0.39, 0.29) is 23.6 Å². The van der Waals surface area contributed by atoms with Crippen molar-refractivity contribution in [2.75, 3.05) is 17.2 Å². The van der Waals surface area contributed by atoms with E-state index in [1.807, 2.05) is 99.6 Å². The lowest BCUT2D eigenvalue weighted by Gasteiger charge is -2.24. The molecule has 2 aromatic heterocycles. The van der Waals surface area contributed by atoms with Crippen LogP contribution in [-0.2, 0) is 27.3 Å². The third-order valence-electron chi connectivity index (χ3n) is 10.0. The Bertz CT molecular complexity index is 2190. The Morgan fingerprint density at radius 1 is 0.803 bits per heavy atom. The molecule has 0 radical (unpaired) electrons. The van der Waals surface area contributed by atoms with E-state index >= 15 is 0 Å². The molecule has 0 fully saturated rings. The summed E-state index contributed by atoms with van der Waals surface area (Å²) >= 11 is 0. The summed E-state index contributed by atoms with van der Waals surface area (Å²) in [6.45, 7) is 6.65. The van der Waals surface area contributed by atoms with Crippen molar-refractivity contribution < 1.29 is 24.3 Å². The molecule has 3 atom stereocenters. The Kier molecular flexibility index (Phi) is 17.4. The number of carbonyl (C=O) groups excluding carboxylic acids is 4. The lowest BCUT2D eigenvalue weighted by Crippen LogP contribution is -2.54. The summed E-state index contributed by atoms with van der Waals surface area (Å²) in [5.74, 6) is -0.741. The zero-order valence-electron chi connectivity index (χ0n) is 35.1. The lowest BCUT2D eigenvalue weighted by molar-refractivity contribution is -0.135. The molecule has 5 rings (SSSR count). The summed E-state index contributed by atoms with van der Waals surface area (Å²) in [5.41, 5.74) is 12.3. The second-order valence-corrected chi connectivity index (χ2v) is 15.5. The minimum atomic E-state index is -1.45. The number of carbonyl (C=O) groups is 4. The zero-order chi connectivity index (χ0) is 43.6. The van der Waals surface area contributed by atoms with E-state index in [1.54, 1.807) is 30.7 Å². The number of hydrogen-bond donors (Lipinski definition) is 7. The van der Waals surface area contributed by atoms with Gasteiger partial charge in [0.05, 0.1) is 5.69 Å². The normalized spacial score (nSPS) is 12.5. The van der Waals surface area contributed by atoms with Crippen LogP contribution in [0.25, 0.3) is 11.3 Å². The fourth-order valence-electron chi connectivity index (χ4n) is 6.57. The van der Waals surface area contributed by atoms with E-state index in [0.29, 0.717) is 56.0 Å². The van der Waals surface area contributed by atoms with Gasteiger partial charge in [-0.3, -0.25) is 24.2 Å². The first kappa shape index (κ1) is 45.6. The highest BCUT2D eigenvalue weighted by Crippen LogP contribution is 2.25. The Morgan fingerprint density at radius 2 is 1.57 bits per heavy atom. The molecule has 14 heteroatoms. The molecular weight excluding hydrogens is 771 g/mol. The topological polar surface area (TPSA) is 213 Å². The molecule has 0 saturated heterocycles. The summed E-state index contributed by atoms with van der Waals surface area (Å²) in [4.78, 5) is 64.6. The highest BCUT2D eigenvalue weighted by molar-refractivity contribution is 6.04. The third kappa shape index (κ3) is 14.9. The van der Waals surface area contributed by atoms with Crippen molar-refractivity contribution in [2.24, 2.45) is 11.7 Å². The van der Waals surface area contributed by atoms with Crippen LogP contribution in [0.5, 0.6) is 0 Å². The van der Waals surface area contributed by atoms with Crippen LogP contribution < -0.4 is 32.3 Å². The summed E-state index contributed by atoms with van der Waals surface area (Å²) in [7, 11) is 0. The first-order chi connectivity index (χ1) is 29.4. The van der Waals surface area contributed by atoms with Gasteiger partial charge in [0.15, 0.2) is 0 Å². The van der Waals surface area contributed by atoms with Crippen LogP contribution in [0.1, 0.15) is 79.4 Å². The van der Waals surface area contributed by atoms with Gasteiger partial charge in [-0.05, 0) is 97.7 Å². The van der Waals surface area contributed by atoms with Gasteiger partial charge < -0.3 is 37.4 Å². The number of nitrogens with zero attached hydrogens (tertiary/aromatic N) is 3. The molecule has 61 heavy (non-hydrogen) atoms. The van der Waals surface area contributed by atoms with Gasteiger partial charge in [0.25, 0.3) is 11.8 Å². The van der Waals surface area contributed by atoms with E-state index in [2.05, 4.69) is 41.5 Å². The number of amides is 4. The Balaban J connectivity index is 0.970. The van der Waals surface area contributed by atoms with Crippen molar-refractivity contribution >= 4 is 41.0 Å². The van der Waals surface area contributed by atoms with Crippen molar-refractivity contribution in [1.82, 2.24) is 30.9 Å². The first-order valence-corrected chi connectivity index (χ1v) is 20.8.